The summed E-state index contributed by atoms with van der Waals surface area (Å²) < 4.78 is 11.7. The highest BCUT2D eigenvalue weighted by atomic mass is 79.9. The molecule has 3 N–H and O–H groups in total. The summed E-state index contributed by atoms with van der Waals surface area (Å²) in [4.78, 5) is 12.3. The lowest BCUT2D eigenvalue weighted by atomic mass is 10.1. The minimum Gasteiger partial charge on any atom is -0.493 e. The number of methoxy groups -OCH3 is 1. The molecule has 28 heavy (non-hydrogen) atoms. The molecule has 8 heteroatoms. The number of halogens is 1. The maximum atomic E-state index is 12.3. The van der Waals surface area contributed by atoms with Crippen LogP contribution >= 0.6 is 28.1 Å². The average molecular weight is 462 g/mol. The van der Waals surface area contributed by atoms with Gasteiger partial charge >= 0.3 is 5.91 Å². The van der Waals surface area contributed by atoms with E-state index in [0.717, 1.165) is 22.7 Å². The molecule has 0 fully saturated rings. The normalized spacial score (nSPS) is 10.5. The number of hydrogen-bond acceptors (Lipinski definition) is 4. The lowest BCUT2D eigenvalue weighted by Gasteiger charge is -2.10. The second-order valence-corrected chi connectivity index (χ2v) is 7.39. The van der Waals surface area contributed by atoms with Gasteiger partial charge in [0.25, 0.3) is 0 Å². The monoisotopic (exact) mass is 461 g/mol. The Bertz CT molecular complexity index is 975. The van der Waals surface area contributed by atoms with Crippen LogP contribution < -0.4 is 20.9 Å². The van der Waals surface area contributed by atoms with Crippen molar-refractivity contribution in [3.05, 3.63) is 64.3 Å². The predicted octanol–water partition coefficient (Wildman–Crippen LogP) is 3.95. The van der Waals surface area contributed by atoms with Gasteiger partial charge in [0.2, 0.25) is 0 Å². The summed E-state index contributed by atoms with van der Waals surface area (Å²) in [5.74, 6) is 0.278. The smallest absolute Gasteiger partial charge is 0.305 e. The van der Waals surface area contributed by atoms with E-state index in [1.165, 1.54) is 5.56 Å². The van der Waals surface area contributed by atoms with Crippen LogP contribution in [0.25, 0.3) is 11.0 Å². The zero-order valence-corrected chi connectivity index (χ0v) is 17.7. The van der Waals surface area contributed by atoms with E-state index >= 15 is 0 Å². The van der Waals surface area contributed by atoms with E-state index in [0.29, 0.717) is 23.0 Å². The molecule has 0 aliphatic rings. The van der Waals surface area contributed by atoms with Crippen LogP contribution in [0.15, 0.2) is 57.4 Å². The molecule has 146 valence electrons. The first-order chi connectivity index (χ1) is 13.6. The van der Waals surface area contributed by atoms with Gasteiger partial charge in [-0.15, -0.1) is 0 Å². The Kier molecular flexibility index (Phi) is 6.89. The van der Waals surface area contributed by atoms with Gasteiger partial charge < -0.3 is 14.5 Å². The van der Waals surface area contributed by atoms with Gasteiger partial charge in [-0.25, -0.2) is 0 Å². The zero-order chi connectivity index (χ0) is 19.9. The fourth-order valence-electron chi connectivity index (χ4n) is 2.71. The summed E-state index contributed by atoms with van der Waals surface area (Å²) in [5, 5.41) is 4.17. The molecule has 1 amide bonds. The van der Waals surface area contributed by atoms with Gasteiger partial charge in [-0.3, -0.25) is 15.6 Å². The molecule has 1 aromatic heterocycles. The second kappa shape index (κ2) is 9.57. The van der Waals surface area contributed by atoms with Crippen LogP contribution in [-0.2, 0) is 6.42 Å². The Balaban J connectivity index is 1.47. The van der Waals surface area contributed by atoms with Crippen LogP contribution in [0.1, 0.15) is 22.5 Å². The Morgan fingerprint density at radius 1 is 1.18 bits per heavy atom. The van der Waals surface area contributed by atoms with Gasteiger partial charge in [-0.05, 0) is 48.8 Å². The highest BCUT2D eigenvalue weighted by Crippen LogP contribution is 2.32. The number of furan rings is 1. The van der Waals surface area contributed by atoms with Gasteiger partial charge in [0.15, 0.2) is 22.2 Å². The van der Waals surface area contributed by atoms with Crippen molar-refractivity contribution in [2.75, 3.05) is 13.7 Å². The van der Waals surface area contributed by atoms with Gasteiger partial charge in [0.05, 0.1) is 7.11 Å². The Morgan fingerprint density at radius 2 is 1.96 bits per heavy atom. The van der Waals surface area contributed by atoms with Crippen molar-refractivity contribution in [3.8, 4) is 5.75 Å². The number of hydrogen-bond donors (Lipinski definition) is 3. The number of carbonyl (C=O) groups is 1. The van der Waals surface area contributed by atoms with Crippen LogP contribution in [0.2, 0.25) is 0 Å². The van der Waals surface area contributed by atoms with Crippen molar-refractivity contribution in [1.29, 1.82) is 0 Å². The molecule has 6 nitrogen and oxygen atoms in total. The SMILES string of the molecule is COc1cc(Br)cc2cc(C(=O)NNC(=S)NCCCc3ccccc3)oc12. The summed E-state index contributed by atoms with van der Waals surface area (Å²) in [6, 6.07) is 15.5. The fraction of sp³-hybridized carbons (Fsp3) is 0.200. The molecule has 0 aliphatic heterocycles. The van der Waals surface area contributed by atoms with Crippen LogP contribution in [0, 0.1) is 0 Å². The highest BCUT2D eigenvalue weighted by molar-refractivity contribution is 9.10. The van der Waals surface area contributed by atoms with E-state index in [1.54, 1.807) is 19.2 Å². The molecule has 0 unspecified atom stereocenters. The van der Waals surface area contributed by atoms with Crippen molar-refractivity contribution in [1.82, 2.24) is 16.2 Å². The van der Waals surface area contributed by atoms with Crippen molar-refractivity contribution < 1.29 is 13.9 Å². The lowest BCUT2D eigenvalue weighted by molar-refractivity contribution is 0.0918. The van der Waals surface area contributed by atoms with Crippen molar-refractivity contribution >= 4 is 50.1 Å². The number of hydrazine groups is 1. The molecule has 2 aromatic carbocycles. The number of rotatable bonds is 6. The summed E-state index contributed by atoms with van der Waals surface area (Å²) in [5.41, 5.74) is 7.01. The van der Waals surface area contributed by atoms with Crippen molar-refractivity contribution in [2.45, 2.75) is 12.8 Å². The fourth-order valence-corrected chi connectivity index (χ4v) is 3.32. The molecule has 0 atom stereocenters. The molecule has 0 radical (unpaired) electrons. The Morgan fingerprint density at radius 3 is 2.71 bits per heavy atom. The zero-order valence-electron chi connectivity index (χ0n) is 15.3. The van der Waals surface area contributed by atoms with E-state index < -0.39 is 5.91 Å². The maximum absolute atomic E-state index is 12.3. The summed E-state index contributed by atoms with van der Waals surface area (Å²) in [7, 11) is 1.55. The molecule has 3 aromatic rings. The molecule has 0 aliphatic carbocycles. The van der Waals surface area contributed by atoms with E-state index in [4.69, 9.17) is 21.4 Å². The number of amides is 1. The van der Waals surface area contributed by atoms with Gasteiger partial charge in [0, 0.05) is 16.4 Å². The maximum Gasteiger partial charge on any atom is 0.305 e. The van der Waals surface area contributed by atoms with Crippen LogP contribution in [0.5, 0.6) is 5.75 Å². The highest BCUT2D eigenvalue weighted by Gasteiger charge is 2.16. The molecule has 1 heterocycles. The van der Waals surface area contributed by atoms with Gasteiger partial charge in [-0.1, -0.05) is 46.3 Å². The number of nitrogens with one attached hydrogen (secondary N) is 3. The van der Waals surface area contributed by atoms with Crippen LogP contribution in [0.3, 0.4) is 0 Å². The number of ether oxygens (including phenoxy) is 1. The largest absolute Gasteiger partial charge is 0.493 e. The van der Waals surface area contributed by atoms with Gasteiger partial charge in [0.1, 0.15) is 0 Å². The first kappa shape index (κ1) is 20.2. The summed E-state index contributed by atoms with van der Waals surface area (Å²) in [6.07, 6.45) is 1.89. The van der Waals surface area contributed by atoms with E-state index in [2.05, 4.69) is 44.2 Å². The molecule has 0 saturated heterocycles. The predicted molar refractivity (Wildman–Crippen MR) is 116 cm³/mol. The third-order valence-corrected chi connectivity index (χ3v) is 4.76. The topological polar surface area (TPSA) is 75.5 Å². The number of aryl methyl sites for hydroxylation is 1. The first-order valence-electron chi connectivity index (χ1n) is 8.72. The third-order valence-electron chi connectivity index (χ3n) is 4.05. The molecule has 0 spiro atoms. The minimum absolute atomic E-state index is 0.158. The van der Waals surface area contributed by atoms with E-state index in [1.807, 2.05) is 24.3 Å². The number of benzene rings is 2. The first-order valence-corrected chi connectivity index (χ1v) is 9.92. The second-order valence-electron chi connectivity index (χ2n) is 6.06. The Labute approximate surface area is 176 Å². The van der Waals surface area contributed by atoms with Crippen LogP contribution in [-0.4, -0.2) is 24.7 Å². The standard InChI is InChI=1S/C20H20BrN3O3S/c1-26-16-12-15(21)10-14-11-17(27-18(14)16)19(25)23-24-20(28)22-9-5-8-13-6-3-2-4-7-13/h2-4,6-7,10-12H,5,8-9H2,1H3,(H,23,25)(H2,22,24,28). The summed E-state index contributed by atoms with van der Waals surface area (Å²) in [6.45, 7) is 0.701. The van der Waals surface area contributed by atoms with Crippen molar-refractivity contribution in [3.63, 3.8) is 0 Å². The third kappa shape index (κ3) is 5.24. The van der Waals surface area contributed by atoms with Crippen molar-refractivity contribution in [2.24, 2.45) is 0 Å². The van der Waals surface area contributed by atoms with Gasteiger partial charge in [-0.2, -0.15) is 0 Å². The number of fused-ring (bicyclic) bond motifs is 1. The molecule has 0 saturated carbocycles. The Hall–Kier alpha value is -2.58. The molecule has 3 rings (SSSR count). The van der Waals surface area contributed by atoms with E-state index in [9.17, 15) is 4.79 Å². The molecule has 0 bridgehead atoms. The lowest BCUT2D eigenvalue weighted by Crippen LogP contribution is -2.46. The molecular weight excluding hydrogens is 442 g/mol. The van der Waals surface area contributed by atoms with E-state index in [-0.39, 0.29) is 5.76 Å². The minimum atomic E-state index is -0.428. The molecular formula is C20H20BrN3O3S. The summed E-state index contributed by atoms with van der Waals surface area (Å²) >= 11 is 8.58. The quantitative estimate of drug-likeness (QED) is 0.293. The van der Waals surface area contributed by atoms with Crippen LogP contribution in [0.4, 0.5) is 0 Å². The average Bonchev–Trinajstić information content (AvgIpc) is 3.13. The number of thiocarbonyl (C=S) groups is 1. The number of carbonyl (C=O) groups excluding carboxylic acids is 1.